The van der Waals surface area contributed by atoms with Crippen LogP contribution in [0.2, 0.25) is 0 Å². The average molecular weight is 332 g/mol. The molecule has 2 heterocycles. The van der Waals surface area contributed by atoms with Crippen molar-refractivity contribution in [3.8, 4) is 0 Å². The first-order valence-corrected chi connectivity index (χ1v) is 9.05. The van der Waals surface area contributed by atoms with E-state index in [0.717, 1.165) is 24.5 Å². The zero-order chi connectivity index (χ0) is 16.9. The minimum atomic E-state index is -0.119. The minimum Gasteiger partial charge on any atom is -0.377 e. The van der Waals surface area contributed by atoms with Crippen LogP contribution in [0.15, 0.2) is 6.07 Å². The molecule has 132 valence electrons. The van der Waals surface area contributed by atoms with Crippen LogP contribution in [0.4, 0.5) is 5.82 Å². The third kappa shape index (κ3) is 4.04. The number of piperazine rings is 1. The van der Waals surface area contributed by atoms with Crippen LogP contribution in [0.25, 0.3) is 0 Å². The number of ether oxygens (including phenoxy) is 1. The summed E-state index contributed by atoms with van der Waals surface area (Å²) in [5, 5.41) is 3.03. The largest absolute Gasteiger partial charge is 0.377 e. The van der Waals surface area contributed by atoms with Crippen molar-refractivity contribution in [2.24, 2.45) is 5.92 Å². The van der Waals surface area contributed by atoms with E-state index in [1.54, 1.807) is 7.11 Å². The average Bonchev–Trinajstić information content (AvgIpc) is 2.57. The fourth-order valence-corrected chi connectivity index (χ4v) is 3.91. The van der Waals surface area contributed by atoms with Crippen molar-refractivity contribution in [1.82, 2.24) is 15.3 Å². The van der Waals surface area contributed by atoms with E-state index in [2.05, 4.69) is 20.2 Å². The molecule has 6 heteroatoms. The normalized spacial score (nSPS) is 22.5. The zero-order valence-electron chi connectivity index (χ0n) is 14.8. The summed E-state index contributed by atoms with van der Waals surface area (Å²) in [7, 11) is 1.64. The molecule has 1 unspecified atom stereocenters. The van der Waals surface area contributed by atoms with Crippen LogP contribution in [0.5, 0.6) is 0 Å². The van der Waals surface area contributed by atoms with E-state index in [9.17, 15) is 4.79 Å². The molecule has 2 aliphatic rings. The number of anilines is 1. The fourth-order valence-electron chi connectivity index (χ4n) is 3.91. The van der Waals surface area contributed by atoms with Crippen LogP contribution in [0, 0.1) is 12.8 Å². The van der Waals surface area contributed by atoms with Crippen molar-refractivity contribution in [1.29, 1.82) is 0 Å². The van der Waals surface area contributed by atoms with E-state index in [-0.39, 0.29) is 11.9 Å². The molecule has 2 fully saturated rings. The van der Waals surface area contributed by atoms with Gasteiger partial charge in [-0.15, -0.1) is 0 Å². The van der Waals surface area contributed by atoms with E-state index < -0.39 is 0 Å². The Morgan fingerprint density at radius 2 is 2.08 bits per heavy atom. The third-order valence-electron chi connectivity index (χ3n) is 5.07. The Morgan fingerprint density at radius 1 is 1.29 bits per heavy atom. The van der Waals surface area contributed by atoms with E-state index in [4.69, 9.17) is 4.74 Å². The van der Waals surface area contributed by atoms with E-state index in [1.807, 2.05) is 13.0 Å². The number of nitrogens with one attached hydrogen (secondary N) is 1. The molecule has 1 aliphatic carbocycles. The molecular formula is C18H28N4O2. The lowest BCUT2D eigenvalue weighted by Gasteiger charge is -2.38. The number of carbonyl (C=O) groups is 1. The SMILES string of the molecule is COCc1nc(C)cc(N2CCNC(=O)C2CC2CCCCC2)n1. The summed E-state index contributed by atoms with van der Waals surface area (Å²) in [5.41, 5.74) is 0.912. The fraction of sp³-hybridized carbons (Fsp3) is 0.722. The first-order valence-electron chi connectivity index (χ1n) is 9.05. The topological polar surface area (TPSA) is 67.3 Å². The summed E-state index contributed by atoms with van der Waals surface area (Å²) >= 11 is 0. The molecule has 6 nitrogen and oxygen atoms in total. The van der Waals surface area contributed by atoms with Crippen LogP contribution in [0.3, 0.4) is 0 Å². The van der Waals surface area contributed by atoms with Crippen molar-refractivity contribution in [2.75, 3.05) is 25.1 Å². The summed E-state index contributed by atoms with van der Waals surface area (Å²) in [6, 6.07) is 1.86. The summed E-state index contributed by atoms with van der Waals surface area (Å²) in [4.78, 5) is 23.7. The Kier molecular flexibility index (Phi) is 5.66. The van der Waals surface area contributed by atoms with Gasteiger partial charge in [-0.05, 0) is 19.3 Å². The molecule has 1 saturated heterocycles. The highest BCUT2D eigenvalue weighted by molar-refractivity contribution is 5.86. The summed E-state index contributed by atoms with van der Waals surface area (Å²) in [6.45, 7) is 3.82. The van der Waals surface area contributed by atoms with Crippen LogP contribution in [-0.4, -0.2) is 42.1 Å². The molecule has 1 atom stereocenters. The van der Waals surface area contributed by atoms with Crippen LogP contribution >= 0.6 is 0 Å². The molecule has 1 aromatic rings. The third-order valence-corrected chi connectivity index (χ3v) is 5.07. The van der Waals surface area contributed by atoms with Crippen molar-refractivity contribution in [3.05, 3.63) is 17.6 Å². The van der Waals surface area contributed by atoms with Gasteiger partial charge >= 0.3 is 0 Å². The molecule has 0 radical (unpaired) electrons. The lowest BCUT2D eigenvalue weighted by Crippen LogP contribution is -2.56. The molecule has 0 bridgehead atoms. The van der Waals surface area contributed by atoms with Crippen LogP contribution in [0.1, 0.15) is 50.0 Å². The lowest BCUT2D eigenvalue weighted by atomic mass is 9.84. The highest BCUT2D eigenvalue weighted by Gasteiger charge is 2.33. The number of rotatable bonds is 5. The maximum absolute atomic E-state index is 12.5. The van der Waals surface area contributed by atoms with Gasteiger partial charge in [-0.25, -0.2) is 9.97 Å². The molecule has 1 aromatic heterocycles. The van der Waals surface area contributed by atoms with Gasteiger partial charge in [0.05, 0.1) is 0 Å². The number of aryl methyl sites for hydroxylation is 1. The maximum atomic E-state index is 12.5. The Labute approximate surface area is 144 Å². The van der Waals surface area contributed by atoms with E-state index in [1.165, 1.54) is 32.1 Å². The summed E-state index contributed by atoms with van der Waals surface area (Å²) < 4.78 is 5.17. The Balaban J connectivity index is 1.81. The van der Waals surface area contributed by atoms with Gasteiger partial charge in [-0.2, -0.15) is 0 Å². The summed E-state index contributed by atoms with van der Waals surface area (Å²) in [6.07, 6.45) is 7.34. The molecule has 0 spiro atoms. The molecule has 1 saturated carbocycles. The molecule has 1 aliphatic heterocycles. The Morgan fingerprint density at radius 3 is 2.83 bits per heavy atom. The summed E-state index contributed by atoms with van der Waals surface area (Å²) in [5.74, 6) is 2.31. The molecule has 1 amide bonds. The number of methoxy groups -OCH3 is 1. The van der Waals surface area contributed by atoms with Gasteiger partial charge in [0, 0.05) is 32.0 Å². The first-order chi connectivity index (χ1) is 11.7. The van der Waals surface area contributed by atoms with Crippen LogP contribution < -0.4 is 10.2 Å². The number of nitrogens with zero attached hydrogens (tertiary/aromatic N) is 3. The minimum absolute atomic E-state index is 0.119. The van der Waals surface area contributed by atoms with Gasteiger partial charge in [-0.1, -0.05) is 32.1 Å². The Hall–Kier alpha value is -1.69. The van der Waals surface area contributed by atoms with Crippen molar-refractivity contribution >= 4 is 11.7 Å². The van der Waals surface area contributed by atoms with Crippen molar-refractivity contribution < 1.29 is 9.53 Å². The first kappa shape index (κ1) is 17.1. The number of hydrogen-bond donors (Lipinski definition) is 1. The number of carbonyl (C=O) groups excluding carboxylic acids is 1. The van der Waals surface area contributed by atoms with E-state index >= 15 is 0 Å². The second-order valence-electron chi connectivity index (χ2n) is 6.96. The monoisotopic (exact) mass is 332 g/mol. The highest BCUT2D eigenvalue weighted by Crippen LogP contribution is 2.30. The Bertz CT molecular complexity index is 572. The van der Waals surface area contributed by atoms with Gasteiger partial charge in [0.2, 0.25) is 5.91 Å². The lowest BCUT2D eigenvalue weighted by molar-refractivity contribution is -0.123. The molecular weight excluding hydrogens is 304 g/mol. The second kappa shape index (κ2) is 7.92. The van der Waals surface area contributed by atoms with Crippen molar-refractivity contribution in [3.63, 3.8) is 0 Å². The van der Waals surface area contributed by atoms with E-state index in [0.29, 0.717) is 24.9 Å². The predicted octanol–water partition coefficient (Wildman–Crippen LogP) is 2.21. The molecule has 1 N–H and O–H groups in total. The predicted molar refractivity (Wildman–Crippen MR) is 92.8 cm³/mol. The highest BCUT2D eigenvalue weighted by atomic mass is 16.5. The van der Waals surface area contributed by atoms with Gasteiger partial charge < -0.3 is 15.0 Å². The van der Waals surface area contributed by atoms with Crippen LogP contribution in [-0.2, 0) is 16.1 Å². The number of aromatic nitrogens is 2. The smallest absolute Gasteiger partial charge is 0.242 e. The van der Waals surface area contributed by atoms with Gasteiger partial charge in [0.15, 0.2) is 5.82 Å². The molecule has 0 aromatic carbocycles. The second-order valence-corrected chi connectivity index (χ2v) is 6.96. The maximum Gasteiger partial charge on any atom is 0.242 e. The van der Waals surface area contributed by atoms with Gasteiger partial charge in [-0.3, -0.25) is 4.79 Å². The van der Waals surface area contributed by atoms with Crippen molar-refractivity contribution in [2.45, 2.75) is 58.1 Å². The van der Waals surface area contributed by atoms with Gasteiger partial charge in [0.25, 0.3) is 0 Å². The quantitative estimate of drug-likeness (QED) is 0.895. The number of amides is 1. The standard InChI is InChI=1S/C18H28N4O2/c1-13-10-17(21-16(20-13)12-24-2)22-9-8-19-18(23)15(22)11-14-6-4-3-5-7-14/h10,14-15H,3-9,11-12H2,1-2H3,(H,19,23). The zero-order valence-corrected chi connectivity index (χ0v) is 14.8. The molecule has 3 rings (SSSR count). The molecule has 24 heavy (non-hydrogen) atoms. The van der Waals surface area contributed by atoms with Gasteiger partial charge in [0.1, 0.15) is 18.5 Å². The number of hydrogen-bond acceptors (Lipinski definition) is 5.